The molecule has 0 aliphatic carbocycles. The molecule has 1 saturated heterocycles. The predicted octanol–water partition coefficient (Wildman–Crippen LogP) is 3.79. The van der Waals surface area contributed by atoms with E-state index in [1.807, 2.05) is 36.4 Å². The van der Waals surface area contributed by atoms with Crippen molar-refractivity contribution in [2.75, 3.05) is 18.5 Å². The molecular weight excluding hydrogens is 442 g/mol. The number of thiophene rings is 1. The number of urea groups is 1. The number of hydrogen-bond donors (Lipinski definition) is 2. The second-order valence-electron chi connectivity index (χ2n) is 7.90. The highest BCUT2D eigenvalue weighted by molar-refractivity contribution is 7.18. The number of esters is 1. The van der Waals surface area contributed by atoms with Gasteiger partial charge in [-0.05, 0) is 54.8 Å². The van der Waals surface area contributed by atoms with Crippen LogP contribution in [0.4, 0.5) is 9.80 Å². The third kappa shape index (κ3) is 4.19. The summed E-state index contributed by atoms with van der Waals surface area (Å²) >= 11 is 1.08. The maximum absolute atomic E-state index is 13.2. The van der Waals surface area contributed by atoms with Crippen molar-refractivity contribution in [1.29, 1.82) is 0 Å². The zero-order valence-corrected chi connectivity index (χ0v) is 19.2. The lowest BCUT2D eigenvalue weighted by Gasteiger charge is -2.22. The Morgan fingerprint density at radius 1 is 1.12 bits per heavy atom. The number of fused-ring (bicyclic) bond motifs is 1. The Morgan fingerprint density at radius 2 is 1.85 bits per heavy atom. The van der Waals surface area contributed by atoms with Crippen LogP contribution in [0.5, 0.6) is 0 Å². The number of nitrogens with one attached hydrogen (secondary N) is 2. The molecule has 1 aliphatic rings. The number of carbonyl (C=O) groups excluding carboxylic acids is 4. The third-order valence-corrected chi connectivity index (χ3v) is 6.68. The Hall–Kier alpha value is -3.72. The van der Waals surface area contributed by atoms with E-state index < -0.39 is 35.9 Å². The number of benzene rings is 2. The van der Waals surface area contributed by atoms with Crippen molar-refractivity contribution in [2.45, 2.75) is 26.3 Å². The molecule has 2 aromatic carbocycles. The fourth-order valence-corrected chi connectivity index (χ4v) is 4.78. The van der Waals surface area contributed by atoms with Crippen molar-refractivity contribution in [3.63, 3.8) is 0 Å². The number of carbonyl (C=O) groups is 4. The summed E-state index contributed by atoms with van der Waals surface area (Å²) in [5, 5.41) is 7.78. The Bertz CT molecular complexity index is 1280. The van der Waals surface area contributed by atoms with Gasteiger partial charge in [0.2, 0.25) is 5.91 Å². The van der Waals surface area contributed by atoms with Crippen LogP contribution in [-0.2, 0) is 19.9 Å². The minimum atomic E-state index is -1.28. The highest BCUT2D eigenvalue weighted by Crippen LogP contribution is 2.31. The lowest BCUT2D eigenvalue weighted by molar-refractivity contribution is -0.133. The van der Waals surface area contributed by atoms with Crippen LogP contribution in [0.1, 0.15) is 34.6 Å². The van der Waals surface area contributed by atoms with E-state index in [-0.39, 0.29) is 6.61 Å². The first-order valence-electron chi connectivity index (χ1n) is 10.4. The molecule has 33 heavy (non-hydrogen) atoms. The van der Waals surface area contributed by atoms with E-state index in [1.165, 1.54) is 0 Å². The first-order chi connectivity index (χ1) is 15.7. The van der Waals surface area contributed by atoms with Crippen LogP contribution in [0, 0.1) is 6.92 Å². The normalized spacial score (nSPS) is 17.8. The van der Waals surface area contributed by atoms with Gasteiger partial charge in [0.25, 0.3) is 5.91 Å². The summed E-state index contributed by atoms with van der Waals surface area (Å²) in [5.74, 6) is -1.51. The molecule has 4 amide bonds. The minimum Gasteiger partial charge on any atom is -0.462 e. The Balaban J connectivity index is 1.49. The summed E-state index contributed by atoms with van der Waals surface area (Å²) in [4.78, 5) is 51.7. The molecule has 2 N–H and O–H groups in total. The van der Waals surface area contributed by atoms with Crippen LogP contribution in [0.25, 0.3) is 10.8 Å². The minimum absolute atomic E-state index is 0.250. The van der Waals surface area contributed by atoms with Gasteiger partial charge in [-0.25, -0.2) is 9.59 Å². The van der Waals surface area contributed by atoms with E-state index in [1.54, 1.807) is 32.9 Å². The van der Waals surface area contributed by atoms with Crippen LogP contribution in [0.3, 0.4) is 0 Å². The largest absolute Gasteiger partial charge is 0.462 e. The molecule has 1 unspecified atom stereocenters. The van der Waals surface area contributed by atoms with Gasteiger partial charge in [0, 0.05) is 0 Å². The van der Waals surface area contributed by atoms with Gasteiger partial charge in [0.1, 0.15) is 17.0 Å². The average Bonchev–Trinajstić information content (AvgIpc) is 3.25. The molecule has 3 aromatic rings. The summed E-state index contributed by atoms with van der Waals surface area (Å²) in [6, 6.07) is 14.3. The predicted molar refractivity (Wildman–Crippen MR) is 125 cm³/mol. The number of hydrogen-bond acceptors (Lipinski definition) is 6. The van der Waals surface area contributed by atoms with Gasteiger partial charge in [-0.15, -0.1) is 11.3 Å². The maximum Gasteiger partial charge on any atom is 0.348 e. The number of nitrogens with zero attached hydrogens (tertiary/aromatic N) is 1. The molecule has 1 atom stereocenters. The third-order valence-electron chi connectivity index (χ3n) is 5.54. The zero-order valence-electron chi connectivity index (χ0n) is 18.4. The summed E-state index contributed by atoms with van der Waals surface area (Å²) < 4.78 is 5.01. The van der Waals surface area contributed by atoms with E-state index in [0.717, 1.165) is 27.0 Å². The molecule has 8 nitrogen and oxygen atoms in total. The molecule has 1 aliphatic heterocycles. The topological polar surface area (TPSA) is 105 Å². The molecule has 0 radical (unpaired) electrons. The fraction of sp³-hybridized carbons (Fsp3) is 0.250. The number of anilines is 1. The van der Waals surface area contributed by atoms with Crippen molar-refractivity contribution in [3.8, 4) is 0 Å². The smallest absolute Gasteiger partial charge is 0.348 e. The van der Waals surface area contributed by atoms with Gasteiger partial charge in [-0.2, -0.15) is 0 Å². The van der Waals surface area contributed by atoms with Crippen molar-refractivity contribution in [2.24, 2.45) is 0 Å². The van der Waals surface area contributed by atoms with Crippen molar-refractivity contribution in [1.82, 2.24) is 10.2 Å². The SMILES string of the molecule is CCOC(=O)c1sc(NC(=O)CN2C(=O)NC(C)(c3ccc4ccccc4c3)C2=O)cc1C. The Labute approximate surface area is 194 Å². The van der Waals surface area contributed by atoms with E-state index in [4.69, 9.17) is 4.74 Å². The van der Waals surface area contributed by atoms with Crippen LogP contribution in [-0.4, -0.2) is 41.9 Å². The van der Waals surface area contributed by atoms with Gasteiger partial charge in [0.05, 0.1) is 11.6 Å². The summed E-state index contributed by atoms with van der Waals surface area (Å²) in [5.41, 5.74) is 0.0286. The molecule has 170 valence electrons. The Kier molecular flexibility index (Phi) is 5.90. The molecule has 1 aromatic heterocycles. The van der Waals surface area contributed by atoms with E-state index in [0.29, 0.717) is 21.0 Å². The molecule has 1 fully saturated rings. The van der Waals surface area contributed by atoms with E-state index in [9.17, 15) is 19.2 Å². The highest BCUT2D eigenvalue weighted by atomic mass is 32.1. The second-order valence-corrected chi connectivity index (χ2v) is 8.95. The Morgan fingerprint density at radius 3 is 2.58 bits per heavy atom. The lowest BCUT2D eigenvalue weighted by Crippen LogP contribution is -2.42. The van der Waals surface area contributed by atoms with Crippen LogP contribution in [0.2, 0.25) is 0 Å². The van der Waals surface area contributed by atoms with Gasteiger partial charge in [0.15, 0.2) is 0 Å². The molecule has 2 heterocycles. The van der Waals surface area contributed by atoms with Crippen molar-refractivity contribution in [3.05, 3.63) is 64.5 Å². The number of aryl methyl sites for hydroxylation is 1. The van der Waals surface area contributed by atoms with Gasteiger partial charge in [-0.3, -0.25) is 14.5 Å². The zero-order chi connectivity index (χ0) is 23.8. The maximum atomic E-state index is 13.2. The summed E-state index contributed by atoms with van der Waals surface area (Å²) in [7, 11) is 0. The van der Waals surface area contributed by atoms with E-state index >= 15 is 0 Å². The van der Waals surface area contributed by atoms with Crippen LogP contribution >= 0.6 is 11.3 Å². The van der Waals surface area contributed by atoms with Crippen molar-refractivity contribution >= 4 is 50.9 Å². The standard InChI is InChI=1S/C24H23N3O5S/c1-4-32-21(29)20-14(2)11-19(33-20)25-18(28)13-27-22(30)24(3,26-23(27)31)17-10-9-15-7-5-6-8-16(15)12-17/h5-12H,4,13H2,1-3H3,(H,25,28)(H,26,31). The lowest BCUT2D eigenvalue weighted by atomic mass is 9.90. The summed E-state index contributed by atoms with van der Waals surface area (Å²) in [6.45, 7) is 4.89. The molecular formula is C24H23N3O5S. The molecule has 9 heteroatoms. The van der Waals surface area contributed by atoms with Crippen molar-refractivity contribution < 1.29 is 23.9 Å². The number of amides is 4. The molecule has 4 rings (SSSR count). The summed E-state index contributed by atoms with van der Waals surface area (Å²) in [6.07, 6.45) is 0. The quantitative estimate of drug-likeness (QED) is 0.426. The van der Waals surface area contributed by atoms with Crippen LogP contribution < -0.4 is 10.6 Å². The number of rotatable bonds is 6. The second kappa shape index (κ2) is 8.67. The van der Waals surface area contributed by atoms with Gasteiger partial charge < -0.3 is 15.4 Å². The molecule has 0 bridgehead atoms. The van der Waals surface area contributed by atoms with Gasteiger partial charge in [-0.1, -0.05) is 36.4 Å². The van der Waals surface area contributed by atoms with Gasteiger partial charge >= 0.3 is 12.0 Å². The fourth-order valence-electron chi connectivity index (χ4n) is 3.80. The monoisotopic (exact) mass is 465 g/mol. The number of ether oxygens (including phenoxy) is 1. The van der Waals surface area contributed by atoms with Crippen LogP contribution in [0.15, 0.2) is 48.5 Å². The molecule has 0 spiro atoms. The molecule has 0 saturated carbocycles. The highest BCUT2D eigenvalue weighted by Gasteiger charge is 2.49. The average molecular weight is 466 g/mol. The first kappa shape index (κ1) is 22.5. The van der Waals surface area contributed by atoms with E-state index in [2.05, 4.69) is 10.6 Å². The number of imide groups is 1. The first-order valence-corrected chi connectivity index (χ1v) is 11.3.